The molecule has 0 bridgehead atoms. The number of nitrogen functional groups attached to an aromatic ring is 1. The van der Waals surface area contributed by atoms with E-state index in [1.54, 1.807) is 0 Å². The van der Waals surface area contributed by atoms with Crippen molar-refractivity contribution in [1.82, 2.24) is 0 Å². The molecule has 0 radical (unpaired) electrons. The van der Waals surface area contributed by atoms with Gasteiger partial charge in [-0.15, -0.1) is 11.8 Å². The van der Waals surface area contributed by atoms with Gasteiger partial charge >= 0.3 is 0 Å². The molecule has 1 atom stereocenters. The van der Waals surface area contributed by atoms with Crippen LogP contribution in [0.3, 0.4) is 0 Å². The topological polar surface area (TPSA) is 55.1 Å². The van der Waals surface area contributed by atoms with Gasteiger partial charge in [-0.2, -0.15) is 0 Å². The summed E-state index contributed by atoms with van der Waals surface area (Å²) in [6.45, 7) is 1.88. The molecule has 0 fully saturated rings. The van der Waals surface area contributed by atoms with Gasteiger partial charge in [-0.25, -0.2) is 0 Å². The van der Waals surface area contributed by atoms with Gasteiger partial charge in [0, 0.05) is 15.1 Å². The fraction of sp³-hybridized carbons (Fsp3) is 0.133. The van der Waals surface area contributed by atoms with Crippen LogP contribution in [0.25, 0.3) is 0 Å². The normalized spacial score (nSPS) is 11.9. The van der Waals surface area contributed by atoms with Crippen LogP contribution in [0.4, 0.5) is 11.4 Å². The number of nitrogens with two attached hydrogens (primary N) is 1. The first-order valence-electron chi connectivity index (χ1n) is 6.14. The average molecular weight is 351 g/mol. The minimum atomic E-state index is -0.189. The van der Waals surface area contributed by atoms with E-state index in [-0.39, 0.29) is 11.2 Å². The molecule has 0 aliphatic carbocycles. The second-order valence-electron chi connectivity index (χ2n) is 4.30. The lowest BCUT2D eigenvalue weighted by Gasteiger charge is -2.13. The van der Waals surface area contributed by atoms with Gasteiger partial charge in [0.15, 0.2) is 0 Å². The number of para-hydroxylation sites is 1. The monoisotopic (exact) mass is 350 g/mol. The summed E-state index contributed by atoms with van der Waals surface area (Å²) in [6.07, 6.45) is 0. The summed E-state index contributed by atoms with van der Waals surface area (Å²) in [5.74, 6) is -0.0290. The predicted octanol–water partition coefficient (Wildman–Crippen LogP) is 4.15. The fourth-order valence-corrected chi connectivity index (χ4v) is 2.85. The van der Waals surface area contributed by atoms with E-state index in [2.05, 4.69) is 21.2 Å². The molecule has 0 saturated carbocycles. The SMILES string of the molecule is CC(Sc1ccc(N)cc1)C(=O)Nc1ccccc1Br. The number of hydrogen-bond donors (Lipinski definition) is 2. The van der Waals surface area contributed by atoms with Crippen LogP contribution in [0.1, 0.15) is 6.92 Å². The molecule has 0 aliphatic rings. The number of halogens is 1. The van der Waals surface area contributed by atoms with Crippen molar-refractivity contribution in [1.29, 1.82) is 0 Å². The van der Waals surface area contributed by atoms with Crippen molar-refractivity contribution in [2.24, 2.45) is 0 Å². The lowest BCUT2D eigenvalue weighted by molar-refractivity contribution is -0.115. The molecule has 2 rings (SSSR count). The largest absolute Gasteiger partial charge is 0.399 e. The van der Waals surface area contributed by atoms with E-state index < -0.39 is 0 Å². The maximum absolute atomic E-state index is 12.2. The van der Waals surface area contributed by atoms with Crippen LogP contribution in [0.5, 0.6) is 0 Å². The summed E-state index contributed by atoms with van der Waals surface area (Å²) < 4.78 is 0.873. The smallest absolute Gasteiger partial charge is 0.237 e. The van der Waals surface area contributed by atoms with Gasteiger partial charge in [0.05, 0.1) is 10.9 Å². The Morgan fingerprint density at radius 2 is 1.85 bits per heavy atom. The third-order valence-electron chi connectivity index (χ3n) is 2.69. The molecular weight excluding hydrogens is 336 g/mol. The number of nitrogens with one attached hydrogen (secondary N) is 1. The summed E-state index contributed by atoms with van der Waals surface area (Å²) >= 11 is 4.92. The second kappa shape index (κ2) is 6.81. The Balaban J connectivity index is 1.99. The Labute approximate surface area is 131 Å². The van der Waals surface area contributed by atoms with Gasteiger partial charge in [0.2, 0.25) is 5.91 Å². The van der Waals surface area contributed by atoms with Crippen LogP contribution in [0.2, 0.25) is 0 Å². The van der Waals surface area contributed by atoms with E-state index in [1.807, 2.05) is 55.5 Å². The molecule has 5 heteroatoms. The number of carbonyl (C=O) groups excluding carboxylic acids is 1. The molecule has 3 N–H and O–H groups in total. The van der Waals surface area contributed by atoms with Crippen molar-refractivity contribution in [2.45, 2.75) is 17.1 Å². The first-order chi connectivity index (χ1) is 9.56. The van der Waals surface area contributed by atoms with Crippen molar-refractivity contribution in [3.63, 3.8) is 0 Å². The Bertz CT molecular complexity index is 601. The molecular formula is C15H15BrN2OS. The van der Waals surface area contributed by atoms with E-state index in [0.717, 1.165) is 20.7 Å². The van der Waals surface area contributed by atoms with Crippen LogP contribution in [0, 0.1) is 0 Å². The zero-order valence-electron chi connectivity index (χ0n) is 11.0. The highest BCUT2D eigenvalue weighted by Gasteiger charge is 2.15. The Kier molecular flexibility index (Phi) is 5.09. The molecule has 3 nitrogen and oxygen atoms in total. The number of hydrogen-bond acceptors (Lipinski definition) is 3. The quantitative estimate of drug-likeness (QED) is 0.643. The number of carbonyl (C=O) groups is 1. The van der Waals surface area contributed by atoms with Gasteiger partial charge in [-0.05, 0) is 59.3 Å². The molecule has 0 aromatic heterocycles. The van der Waals surface area contributed by atoms with Crippen LogP contribution >= 0.6 is 27.7 Å². The van der Waals surface area contributed by atoms with Crippen LogP contribution in [-0.2, 0) is 4.79 Å². The Hall–Kier alpha value is -1.46. The minimum Gasteiger partial charge on any atom is -0.399 e. The lowest BCUT2D eigenvalue weighted by Crippen LogP contribution is -2.22. The number of rotatable bonds is 4. The highest BCUT2D eigenvalue weighted by molar-refractivity contribution is 9.10. The van der Waals surface area contributed by atoms with Crippen LogP contribution < -0.4 is 11.1 Å². The van der Waals surface area contributed by atoms with Gasteiger partial charge in [-0.1, -0.05) is 12.1 Å². The molecule has 2 aromatic rings. The maximum atomic E-state index is 12.2. The van der Waals surface area contributed by atoms with Crippen molar-refractivity contribution >= 4 is 45.0 Å². The summed E-state index contributed by atoms with van der Waals surface area (Å²) in [5.41, 5.74) is 7.14. The Morgan fingerprint density at radius 3 is 2.50 bits per heavy atom. The Morgan fingerprint density at radius 1 is 1.20 bits per heavy atom. The predicted molar refractivity (Wildman–Crippen MR) is 88.9 cm³/mol. The molecule has 2 aromatic carbocycles. The highest BCUT2D eigenvalue weighted by Crippen LogP contribution is 2.26. The first-order valence-corrected chi connectivity index (χ1v) is 7.81. The minimum absolute atomic E-state index is 0.0290. The third kappa shape index (κ3) is 4.02. The van der Waals surface area contributed by atoms with Crippen molar-refractivity contribution in [3.8, 4) is 0 Å². The standard InChI is InChI=1S/C15H15BrN2OS/c1-10(20-12-8-6-11(17)7-9-12)15(19)18-14-5-3-2-4-13(14)16/h2-10H,17H2,1H3,(H,18,19). The van der Waals surface area contributed by atoms with Crippen LogP contribution in [-0.4, -0.2) is 11.2 Å². The summed E-state index contributed by atoms with van der Waals surface area (Å²) in [4.78, 5) is 13.2. The summed E-state index contributed by atoms with van der Waals surface area (Å²) in [7, 11) is 0. The molecule has 1 unspecified atom stereocenters. The molecule has 0 aliphatic heterocycles. The van der Waals surface area contributed by atoms with Gasteiger partial charge < -0.3 is 11.1 Å². The van der Waals surface area contributed by atoms with E-state index in [1.165, 1.54) is 11.8 Å². The van der Waals surface area contributed by atoms with Gasteiger partial charge in [0.1, 0.15) is 0 Å². The van der Waals surface area contributed by atoms with Gasteiger partial charge in [-0.3, -0.25) is 4.79 Å². The van der Waals surface area contributed by atoms with E-state index in [4.69, 9.17) is 5.73 Å². The van der Waals surface area contributed by atoms with Crippen molar-refractivity contribution < 1.29 is 4.79 Å². The second-order valence-corrected chi connectivity index (χ2v) is 6.57. The average Bonchev–Trinajstić information content (AvgIpc) is 2.44. The highest BCUT2D eigenvalue weighted by atomic mass is 79.9. The molecule has 20 heavy (non-hydrogen) atoms. The summed E-state index contributed by atoms with van der Waals surface area (Å²) in [6, 6.07) is 15.1. The number of anilines is 2. The molecule has 104 valence electrons. The zero-order valence-corrected chi connectivity index (χ0v) is 13.4. The number of amides is 1. The van der Waals surface area contributed by atoms with Crippen molar-refractivity contribution in [2.75, 3.05) is 11.1 Å². The van der Waals surface area contributed by atoms with Crippen LogP contribution in [0.15, 0.2) is 57.9 Å². The van der Waals surface area contributed by atoms with E-state index in [9.17, 15) is 4.79 Å². The summed E-state index contributed by atoms with van der Waals surface area (Å²) in [5, 5.41) is 2.72. The van der Waals surface area contributed by atoms with Crippen molar-refractivity contribution in [3.05, 3.63) is 53.0 Å². The molecule has 1 amide bonds. The molecule has 0 heterocycles. The van der Waals surface area contributed by atoms with Gasteiger partial charge in [0.25, 0.3) is 0 Å². The molecule has 0 saturated heterocycles. The van der Waals surface area contributed by atoms with E-state index >= 15 is 0 Å². The number of benzene rings is 2. The zero-order chi connectivity index (χ0) is 14.5. The fourth-order valence-electron chi connectivity index (χ4n) is 1.60. The lowest BCUT2D eigenvalue weighted by atomic mass is 10.3. The maximum Gasteiger partial charge on any atom is 0.237 e. The third-order valence-corrected chi connectivity index (χ3v) is 4.50. The first kappa shape index (κ1) is 14.9. The van der Waals surface area contributed by atoms with E-state index in [0.29, 0.717) is 0 Å². The molecule has 0 spiro atoms. The number of thioether (sulfide) groups is 1.